The number of rotatable bonds is 1. The van der Waals surface area contributed by atoms with E-state index in [4.69, 9.17) is 4.74 Å². The van der Waals surface area contributed by atoms with Gasteiger partial charge in [-0.15, -0.1) is 0 Å². The zero-order chi connectivity index (χ0) is 11.1. The lowest BCUT2D eigenvalue weighted by molar-refractivity contribution is -0.384. The van der Waals surface area contributed by atoms with Gasteiger partial charge in [0.05, 0.1) is 16.7 Å². The fourth-order valence-corrected chi connectivity index (χ4v) is 1.72. The Morgan fingerprint density at radius 3 is 3.12 bits per heavy atom. The van der Waals surface area contributed by atoms with Gasteiger partial charge in [0.2, 0.25) is 0 Å². The Hall–Kier alpha value is -2.37. The van der Waals surface area contributed by atoms with Crippen LogP contribution in [-0.4, -0.2) is 14.7 Å². The highest BCUT2D eigenvalue weighted by molar-refractivity contribution is 5.54. The van der Waals surface area contributed by atoms with Crippen molar-refractivity contribution in [1.82, 2.24) is 9.78 Å². The van der Waals surface area contributed by atoms with E-state index in [1.807, 2.05) is 6.07 Å². The van der Waals surface area contributed by atoms with E-state index in [-0.39, 0.29) is 5.69 Å². The molecule has 0 N–H and O–H groups in total. The Bertz CT molecular complexity index is 576. The second-order valence-corrected chi connectivity index (χ2v) is 3.43. The van der Waals surface area contributed by atoms with Crippen molar-refractivity contribution < 1.29 is 9.66 Å². The number of nitro benzene ring substituents is 1. The quantitative estimate of drug-likeness (QED) is 0.538. The molecule has 2 heterocycles. The van der Waals surface area contributed by atoms with Crippen LogP contribution in [0.1, 0.15) is 5.69 Å². The molecule has 0 saturated heterocycles. The van der Waals surface area contributed by atoms with Gasteiger partial charge < -0.3 is 4.74 Å². The van der Waals surface area contributed by atoms with Crippen LogP contribution in [0.2, 0.25) is 0 Å². The van der Waals surface area contributed by atoms with Crippen molar-refractivity contribution in [2.24, 2.45) is 0 Å². The van der Waals surface area contributed by atoms with Crippen LogP contribution in [0, 0.1) is 10.1 Å². The first-order chi connectivity index (χ1) is 7.75. The number of benzene rings is 1. The maximum atomic E-state index is 10.6. The first-order valence-electron chi connectivity index (χ1n) is 4.70. The molecule has 0 saturated carbocycles. The fraction of sp³-hybridized carbons (Fsp3) is 0.100. The number of nitrogens with zero attached hydrogens (tertiary/aromatic N) is 3. The summed E-state index contributed by atoms with van der Waals surface area (Å²) in [5.41, 5.74) is 1.69. The Balaban J connectivity index is 2.17. The third-order valence-electron chi connectivity index (χ3n) is 2.48. The minimum absolute atomic E-state index is 0.0226. The maximum absolute atomic E-state index is 10.6. The molecule has 0 bridgehead atoms. The van der Waals surface area contributed by atoms with E-state index in [0.29, 0.717) is 12.4 Å². The molecule has 1 aromatic carbocycles. The van der Waals surface area contributed by atoms with E-state index in [1.165, 1.54) is 12.1 Å². The van der Waals surface area contributed by atoms with Crippen molar-refractivity contribution in [2.45, 2.75) is 6.61 Å². The number of hydrogen-bond donors (Lipinski definition) is 0. The highest BCUT2D eigenvalue weighted by Crippen LogP contribution is 2.32. The van der Waals surface area contributed by atoms with Gasteiger partial charge in [-0.05, 0) is 12.1 Å². The van der Waals surface area contributed by atoms with Gasteiger partial charge in [-0.1, -0.05) is 0 Å². The topological polar surface area (TPSA) is 70.2 Å². The van der Waals surface area contributed by atoms with E-state index in [9.17, 15) is 10.1 Å². The highest BCUT2D eigenvalue weighted by Gasteiger charge is 2.19. The summed E-state index contributed by atoms with van der Waals surface area (Å²) in [4.78, 5) is 10.2. The van der Waals surface area contributed by atoms with Crippen LogP contribution >= 0.6 is 0 Å². The second kappa shape index (κ2) is 3.06. The van der Waals surface area contributed by atoms with E-state index in [1.54, 1.807) is 16.9 Å². The van der Waals surface area contributed by atoms with E-state index < -0.39 is 4.92 Å². The third-order valence-corrected chi connectivity index (χ3v) is 2.48. The van der Waals surface area contributed by atoms with Crippen molar-refractivity contribution in [3.05, 3.63) is 46.3 Å². The molecule has 0 amide bonds. The van der Waals surface area contributed by atoms with Crippen molar-refractivity contribution in [3.63, 3.8) is 0 Å². The van der Waals surface area contributed by atoms with Crippen LogP contribution in [0.15, 0.2) is 30.5 Å². The monoisotopic (exact) mass is 217 g/mol. The number of nitro groups is 1. The molecule has 16 heavy (non-hydrogen) atoms. The molecular formula is C10H7N3O3. The molecule has 6 heteroatoms. The molecule has 3 rings (SSSR count). The smallest absolute Gasteiger partial charge is 0.273 e. The van der Waals surface area contributed by atoms with E-state index >= 15 is 0 Å². The maximum Gasteiger partial charge on any atom is 0.273 e. The average molecular weight is 217 g/mol. The van der Waals surface area contributed by atoms with Crippen LogP contribution < -0.4 is 4.74 Å². The van der Waals surface area contributed by atoms with Gasteiger partial charge >= 0.3 is 0 Å². The first-order valence-corrected chi connectivity index (χ1v) is 4.70. The molecule has 0 fully saturated rings. The molecule has 0 spiro atoms. The Morgan fingerprint density at radius 2 is 2.31 bits per heavy atom. The molecule has 0 atom stereocenters. The predicted octanol–water partition coefficient (Wildman–Crippen LogP) is 1.67. The van der Waals surface area contributed by atoms with Crippen molar-refractivity contribution >= 4 is 5.69 Å². The lowest BCUT2D eigenvalue weighted by Crippen LogP contribution is -2.13. The number of fused-ring (bicyclic) bond motifs is 3. The minimum Gasteiger partial charge on any atom is -0.485 e. The molecule has 6 nitrogen and oxygen atoms in total. The molecule has 1 aromatic heterocycles. The van der Waals surface area contributed by atoms with Crippen molar-refractivity contribution in [2.75, 3.05) is 0 Å². The number of hydrogen-bond acceptors (Lipinski definition) is 4. The van der Waals surface area contributed by atoms with Crippen molar-refractivity contribution in [1.29, 1.82) is 0 Å². The van der Waals surface area contributed by atoms with Crippen LogP contribution in [0.25, 0.3) is 5.69 Å². The van der Waals surface area contributed by atoms with Gasteiger partial charge in [0.25, 0.3) is 5.69 Å². The van der Waals surface area contributed by atoms with Gasteiger partial charge in [-0.3, -0.25) is 10.1 Å². The molecule has 80 valence electrons. The van der Waals surface area contributed by atoms with Crippen LogP contribution in [0.5, 0.6) is 5.75 Å². The first kappa shape index (κ1) is 8.90. The Kier molecular flexibility index (Phi) is 1.70. The van der Waals surface area contributed by atoms with E-state index in [2.05, 4.69) is 5.10 Å². The fourth-order valence-electron chi connectivity index (χ4n) is 1.72. The normalized spacial score (nSPS) is 12.5. The predicted molar refractivity (Wildman–Crippen MR) is 54.6 cm³/mol. The lowest BCUT2D eigenvalue weighted by atomic mass is 10.2. The molecule has 0 radical (unpaired) electrons. The van der Waals surface area contributed by atoms with Crippen LogP contribution in [0.4, 0.5) is 5.69 Å². The zero-order valence-electron chi connectivity index (χ0n) is 8.16. The summed E-state index contributed by atoms with van der Waals surface area (Å²) >= 11 is 0. The summed E-state index contributed by atoms with van der Waals surface area (Å²) in [6.45, 7) is 0.383. The molecule has 2 aromatic rings. The third kappa shape index (κ3) is 1.16. The van der Waals surface area contributed by atoms with Gasteiger partial charge in [-0.2, -0.15) is 5.10 Å². The van der Waals surface area contributed by atoms with E-state index in [0.717, 1.165) is 11.4 Å². The van der Waals surface area contributed by atoms with Crippen LogP contribution in [-0.2, 0) is 6.61 Å². The number of aromatic nitrogens is 2. The summed E-state index contributed by atoms with van der Waals surface area (Å²) in [6, 6.07) is 6.35. The standard InChI is InChI=1S/C10H7N3O3/c14-13(15)7-1-2-9-10(5-7)16-6-8-3-4-11-12(8)9/h1-5H,6H2. The highest BCUT2D eigenvalue weighted by atomic mass is 16.6. The van der Waals surface area contributed by atoms with Gasteiger partial charge in [0.1, 0.15) is 12.3 Å². The summed E-state index contributed by atoms with van der Waals surface area (Å²) < 4.78 is 7.16. The Morgan fingerprint density at radius 1 is 1.44 bits per heavy atom. The number of non-ortho nitro benzene ring substituents is 1. The van der Waals surface area contributed by atoms with Gasteiger partial charge in [0, 0.05) is 12.3 Å². The molecule has 0 unspecified atom stereocenters. The zero-order valence-corrected chi connectivity index (χ0v) is 8.16. The number of ether oxygens (including phenoxy) is 1. The molecule has 0 aliphatic carbocycles. The lowest BCUT2D eigenvalue weighted by Gasteiger charge is -2.18. The summed E-state index contributed by atoms with van der Waals surface area (Å²) in [6.07, 6.45) is 1.68. The summed E-state index contributed by atoms with van der Waals surface area (Å²) in [5, 5.41) is 14.7. The molecular weight excluding hydrogens is 210 g/mol. The average Bonchev–Trinajstić information content (AvgIpc) is 2.76. The summed E-state index contributed by atoms with van der Waals surface area (Å²) in [5.74, 6) is 0.491. The second-order valence-electron chi connectivity index (χ2n) is 3.43. The minimum atomic E-state index is -0.442. The Labute approximate surface area is 90.2 Å². The largest absolute Gasteiger partial charge is 0.485 e. The molecule has 1 aliphatic heterocycles. The van der Waals surface area contributed by atoms with Crippen LogP contribution in [0.3, 0.4) is 0 Å². The van der Waals surface area contributed by atoms with Gasteiger partial charge in [-0.25, -0.2) is 4.68 Å². The summed E-state index contributed by atoms with van der Waals surface area (Å²) in [7, 11) is 0. The SMILES string of the molecule is O=[N+]([O-])c1ccc2c(c1)OCc1ccnn1-2. The molecule has 1 aliphatic rings. The van der Waals surface area contributed by atoms with Crippen molar-refractivity contribution in [3.8, 4) is 11.4 Å². The van der Waals surface area contributed by atoms with Gasteiger partial charge in [0.15, 0.2) is 5.75 Å².